The smallest absolute Gasteiger partial charge is 0.315 e. The van der Waals surface area contributed by atoms with Crippen molar-refractivity contribution >= 4 is 5.97 Å². The molecule has 4 aliphatic carbocycles. The molecule has 36 heavy (non-hydrogen) atoms. The van der Waals surface area contributed by atoms with Crippen LogP contribution in [-0.2, 0) is 28.5 Å². The first kappa shape index (κ1) is 24.0. The lowest BCUT2D eigenvalue weighted by molar-refractivity contribution is -0.261. The number of epoxide rings is 1. The molecule has 0 spiro atoms. The molecule has 3 saturated carbocycles. The van der Waals surface area contributed by atoms with Gasteiger partial charge >= 0.3 is 5.97 Å². The monoisotopic (exact) mass is 504 g/mol. The van der Waals surface area contributed by atoms with Crippen LogP contribution in [0.3, 0.4) is 0 Å². The second-order valence-electron chi connectivity index (χ2n) is 13.0. The van der Waals surface area contributed by atoms with Crippen LogP contribution in [0.1, 0.15) is 53.4 Å². The average molecular weight is 505 g/mol. The summed E-state index contributed by atoms with van der Waals surface area (Å²) in [5.74, 6) is 0.621. The van der Waals surface area contributed by atoms with Crippen LogP contribution in [0.25, 0.3) is 0 Å². The van der Waals surface area contributed by atoms with E-state index in [2.05, 4.69) is 26.8 Å². The minimum Gasteiger partial charge on any atom is -0.481 e. The van der Waals surface area contributed by atoms with Gasteiger partial charge in [0, 0.05) is 10.8 Å². The molecule has 0 aromatic heterocycles. The van der Waals surface area contributed by atoms with Gasteiger partial charge in [0.15, 0.2) is 12.6 Å². The molecule has 8 heteroatoms. The zero-order valence-electron chi connectivity index (χ0n) is 21.7. The zero-order valence-corrected chi connectivity index (χ0v) is 21.7. The van der Waals surface area contributed by atoms with Gasteiger partial charge in [0.2, 0.25) is 0 Å². The molecule has 0 radical (unpaired) electrons. The Morgan fingerprint density at radius 3 is 2.58 bits per heavy atom. The van der Waals surface area contributed by atoms with Gasteiger partial charge in [0.1, 0.15) is 23.7 Å². The number of aliphatic hydroxyl groups is 1. The summed E-state index contributed by atoms with van der Waals surface area (Å²) in [7, 11) is 0. The van der Waals surface area contributed by atoms with Crippen molar-refractivity contribution in [1.29, 1.82) is 0 Å². The molecule has 200 valence electrons. The van der Waals surface area contributed by atoms with Crippen LogP contribution in [0, 0.1) is 45.8 Å². The Morgan fingerprint density at radius 2 is 1.89 bits per heavy atom. The van der Waals surface area contributed by atoms with Crippen molar-refractivity contribution in [3.05, 3.63) is 11.6 Å². The number of fused-ring (bicyclic) bond motifs is 3. The van der Waals surface area contributed by atoms with E-state index in [0.717, 1.165) is 31.3 Å². The molecule has 8 nitrogen and oxygen atoms in total. The van der Waals surface area contributed by atoms with Gasteiger partial charge in [0.25, 0.3) is 0 Å². The highest BCUT2D eigenvalue weighted by molar-refractivity contribution is 5.85. The molecule has 0 aromatic rings. The lowest BCUT2D eigenvalue weighted by Crippen LogP contribution is -2.66. The first-order valence-corrected chi connectivity index (χ1v) is 14.0. The molecule has 3 saturated heterocycles. The van der Waals surface area contributed by atoms with Crippen molar-refractivity contribution in [2.75, 3.05) is 19.8 Å². The summed E-state index contributed by atoms with van der Waals surface area (Å²) in [4.78, 5) is 13.9. The highest BCUT2D eigenvalue weighted by Gasteiger charge is 2.86. The van der Waals surface area contributed by atoms with Crippen molar-refractivity contribution in [1.82, 2.24) is 0 Å². The van der Waals surface area contributed by atoms with E-state index >= 15 is 0 Å². The second-order valence-corrected chi connectivity index (χ2v) is 13.0. The molecule has 7 rings (SSSR count). The van der Waals surface area contributed by atoms with Crippen molar-refractivity contribution in [3.63, 3.8) is 0 Å². The Kier molecular flexibility index (Phi) is 5.18. The van der Waals surface area contributed by atoms with Crippen LogP contribution in [0.5, 0.6) is 0 Å². The molecule has 0 amide bonds. The van der Waals surface area contributed by atoms with Crippen LogP contribution < -0.4 is 0 Å². The van der Waals surface area contributed by atoms with Crippen molar-refractivity contribution < 1.29 is 38.7 Å². The van der Waals surface area contributed by atoms with Gasteiger partial charge < -0.3 is 33.9 Å². The van der Waals surface area contributed by atoms with Crippen LogP contribution in [0.2, 0.25) is 0 Å². The molecular formula is C28H40O8. The minimum atomic E-state index is -1.11. The molecule has 0 aromatic carbocycles. The summed E-state index contributed by atoms with van der Waals surface area (Å²) in [6.07, 6.45) is 3.31. The van der Waals surface area contributed by atoms with Gasteiger partial charge in [-0.3, -0.25) is 4.79 Å². The van der Waals surface area contributed by atoms with E-state index in [1.165, 1.54) is 0 Å². The maximum atomic E-state index is 13.9. The van der Waals surface area contributed by atoms with E-state index in [-0.39, 0.29) is 36.1 Å². The summed E-state index contributed by atoms with van der Waals surface area (Å²) < 4.78 is 30.8. The van der Waals surface area contributed by atoms with Crippen molar-refractivity contribution in [3.8, 4) is 0 Å². The molecule has 3 aliphatic heterocycles. The average Bonchev–Trinajstić information content (AvgIpc) is 3.13. The fraction of sp³-hybridized carbons (Fsp3) is 0.893. The number of carboxylic acid groups (broad SMARTS) is 1. The third-order valence-corrected chi connectivity index (χ3v) is 11.5. The zero-order chi connectivity index (χ0) is 25.2. The van der Waals surface area contributed by atoms with Crippen LogP contribution >= 0.6 is 0 Å². The highest BCUT2D eigenvalue weighted by atomic mass is 16.7. The van der Waals surface area contributed by atoms with Crippen LogP contribution in [0.15, 0.2) is 11.6 Å². The van der Waals surface area contributed by atoms with E-state index < -0.39 is 40.9 Å². The fourth-order valence-corrected chi connectivity index (χ4v) is 10.1. The number of carboxylic acids is 1. The Labute approximate surface area is 212 Å². The third-order valence-electron chi connectivity index (χ3n) is 11.5. The lowest BCUT2D eigenvalue weighted by atomic mass is 9.42. The summed E-state index contributed by atoms with van der Waals surface area (Å²) in [6, 6.07) is 0. The van der Waals surface area contributed by atoms with Crippen LogP contribution in [-0.4, -0.2) is 73.0 Å². The number of rotatable bonds is 6. The second kappa shape index (κ2) is 7.76. The number of allylic oxidation sites excluding steroid dienone is 1. The third kappa shape index (κ3) is 2.64. The first-order chi connectivity index (χ1) is 17.2. The van der Waals surface area contributed by atoms with Gasteiger partial charge in [-0.2, -0.15) is 0 Å². The standard InChI is InChI=1S/C28H40O8/c1-13(2)19-9-16-10-27(25-32-7-8-33-25)18-6-5-14(3)17(18)11-26(16,28(19,27)24(30)31)12-34-23-22-21(36-22)20(29)15(4)35-23/h9,13-18,20-23,25,29H,5-8,10-12H2,1-4H3,(H,30,31)/t14?,15-,16?,17?,18?,20+,21+,22+,23-,26?,27?,28?/m1/s1. The number of hydrogen-bond donors (Lipinski definition) is 2. The quantitative estimate of drug-likeness (QED) is 0.420. The lowest BCUT2D eigenvalue weighted by Gasteiger charge is -2.61. The molecule has 6 fully saturated rings. The Balaban J connectivity index is 1.34. The Bertz CT molecular complexity index is 973. The number of ether oxygens (including phenoxy) is 5. The highest BCUT2D eigenvalue weighted by Crippen LogP contribution is 2.84. The van der Waals surface area contributed by atoms with Gasteiger partial charge in [-0.1, -0.05) is 38.8 Å². The normalized spacial score (nSPS) is 55.1. The molecule has 3 heterocycles. The molecule has 7 aliphatic rings. The van der Waals surface area contributed by atoms with Crippen molar-refractivity contribution in [2.45, 2.75) is 90.4 Å². The number of carbonyl (C=O) groups is 1. The van der Waals surface area contributed by atoms with Crippen LogP contribution in [0.4, 0.5) is 0 Å². The van der Waals surface area contributed by atoms with E-state index in [9.17, 15) is 15.0 Å². The van der Waals surface area contributed by atoms with E-state index in [1.54, 1.807) is 0 Å². The molecule has 2 N–H and O–H groups in total. The van der Waals surface area contributed by atoms with Gasteiger partial charge in [0.05, 0.1) is 25.9 Å². The van der Waals surface area contributed by atoms with Gasteiger partial charge in [-0.25, -0.2) is 0 Å². The topological polar surface area (TPSA) is 107 Å². The Morgan fingerprint density at radius 1 is 1.14 bits per heavy atom. The van der Waals surface area contributed by atoms with Crippen molar-refractivity contribution in [2.24, 2.45) is 45.8 Å². The molecule has 7 unspecified atom stereocenters. The van der Waals surface area contributed by atoms with Gasteiger partial charge in [-0.05, 0) is 55.8 Å². The van der Waals surface area contributed by atoms with E-state index in [0.29, 0.717) is 31.7 Å². The summed E-state index contributed by atoms with van der Waals surface area (Å²) in [5.41, 5.74) is -1.29. The summed E-state index contributed by atoms with van der Waals surface area (Å²) >= 11 is 0. The predicted octanol–water partition coefficient (Wildman–Crippen LogP) is 2.97. The van der Waals surface area contributed by atoms with Gasteiger partial charge in [-0.15, -0.1) is 0 Å². The Hall–Kier alpha value is -1.03. The number of aliphatic carboxylic acids is 1. The molecular weight excluding hydrogens is 464 g/mol. The fourth-order valence-electron chi connectivity index (χ4n) is 10.1. The predicted molar refractivity (Wildman–Crippen MR) is 127 cm³/mol. The summed E-state index contributed by atoms with van der Waals surface area (Å²) in [6.45, 7) is 9.73. The number of hydrogen-bond acceptors (Lipinski definition) is 7. The maximum Gasteiger partial charge on any atom is 0.315 e. The first-order valence-electron chi connectivity index (χ1n) is 14.0. The largest absolute Gasteiger partial charge is 0.481 e. The maximum absolute atomic E-state index is 13.9. The molecule has 12 atom stereocenters. The SMILES string of the molecule is CC(C)C1=CC2CC3(C4OCCO4)C4CCC(C)C4CC2(CO[C@@H]2O[C@H](C)[C@H](O)[C@@H]4O[C@H]24)C13C(=O)O. The summed E-state index contributed by atoms with van der Waals surface area (Å²) in [5, 5.41) is 21.7. The van der Waals surface area contributed by atoms with E-state index in [4.69, 9.17) is 23.7 Å². The number of aliphatic hydroxyl groups excluding tert-OH is 1. The van der Waals surface area contributed by atoms with E-state index in [1.807, 2.05) is 6.92 Å². The molecule has 4 bridgehead atoms. The minimum absolute atomic E-state index is 0.0825.